The Kier molecular flexibility index (Phi) is 7.08. The van der Waals surface area contributed by atoms with Gasteiger partial charge in [0.25, 0.3) is 5.91 Å². The fourth-order valence-electron chi connectivity index (χ4n) is 0.195. The quantitative estimate of drug-likeness (QED) is 0.213. The number of hydrogen-bond donors (Lipinski definition) is 3. The molecule has 0 aromatic heterocycles. The number of nitrogens with two attached hydrogens (primary N) is 1. The first-order valence-corrected chi connectivity index (χ1v) is 2.08. The number of hydrogen-bond acceptors (Lipinski definition) is 3. The van der Waals surface area contributed by atoms with Crippen LogP contribution in [0.15, 0.2) is 12.2 Å². The van der Waals surface area contributed by atoms with Crippen molar-refractivity contribution in [3.63, 3.8) is 0 Å². The predicted molar refractivity (Wildman–Crippen MR) is 36.4 cm³/mol. The molecule has 0 saturated carbocycles. The zero-order chi connectivity index (χ0) is 7.28. The Labute approximate surface area is 63.3 Å². The van der Waals surface area contributed by atoms with Crippen LogP contribution in [0.4, 0.5) is 0 Å². The third-order valence-corrected chi connectivity index (χ3v) is 0.520. The second-order valence-electron chi connectivity index (χ2n) is 1.18. The molecule has 6 heteroatoms. The standard InChI is InChI=1S/C4H6N2O3.ClH/c5-6-3(7)1-2-4(8)9;/h1-2H,5H2,(H,6,7)(H,8,9);1H/b2-1-;. The van der Waals surface area contributed by atoms with Gasteiger partial charge in [-0.2, -0.15) is 0 Å². The number of carboxylic acid groups (broad SMARTS) is 1. The third kappa shape index (κ3) is 6.93. The third-order valence-electron chi connectivity index (χ3n) is 0.520. The SMILES string of the molecule is Cl.NNC(=O)/C=C\C(=O)O. The number of carbonyl (C=O) groups is 2. The van der Waals surface area contributed by atoms with E-state index in [1.807, 2.05) is 0 Å². The van der Waals surface area contributed by atoms with Crippen molar-refractivity contribution >= 4 is 24.3 Å². The summed E-state index contributed by atoms with van der Waals surface area (Å²) in [5.74, 6) is 2.79. The molecule has 0 heterocycles. The zero-order valence-corrected chi connectivity index (χ0v) is 5.72. The maximum atomic E-state index is 10.1. The highest BCUT2D eigenvalue weighted by Gasteiger charge is 1.90. The van der Waals surface area contributed by atoms with Crippen molar-refractivity contribution in [1.29, 1.82) is 0 Å². The summed E-state index contributed by atoms with van der Waals surface area (Å²) in [6, 6.07) is 0. The summed E-state index contributed by atoms with van der Waals surface area (Å²) in [4.78, 5) is 19.8. The van der Waals surface area contributed by atoms with Gasteiger partial charge in [-0.15, -0.1) is 12.4 Å². The van der Waals surface area contributed by atoms with Crippen molar-refractivity contribution < 1.29 is 14.7 Å². The normalized spacial score (nSPS) is 8.50. The summed E-state index contributed by atoms with van der Waals surface area (Å²) in [6.07, 6.45) is 1.52. The van der Waals surface area contributed by atoms with E-state index in [2.05, 4.69) is 5.84 Å². The molecule has 4 N–H and O–H groups in total. The van der Waals surface area contributed by atoms with Crippen LogP contribution in [0.5, 0.6) is 0 Å². The minimum Gasteiger partial charge on any atom is -0.478 e. The fraction of sp³-hybridized carbons (Fsp3) is 0. The molecule has 0 bridgehead atoms. The van der Waals surface area contributed by atoms with Crippen LogP contribution in [-0.2, 0) is 9.59 Å². The average Bonchev–Trinajstić information content (AvgIpc) is 1.83. The summed E-state index contributed by atoms with van der Waals surface area (Å²) in [5, 5.41) is 7.95. The Balaban J connectivity index is 0. The molecule has 58 valence electrons. The van der Waals surface area contributed by atoms with Gasteiger partial charge in [0.2, 0.25) is 0 Å². The molecule has 0 aromatic carbocycles. The molecule has 0 atom stereocenters. The van der Waals surface area contributed by atoms with E-state index in [1.165, 1.54) is 0 Å². The molecule has 5 nitrogen and oxygen atoms in total. The van der Waals surface area contributed by atoms with E-state index in [-0.39, 0.29) is 12.4 Å². The van der Waals surface area contributed by atoms with Crippen LogP contribution >= 0.6 is 12.4 Å². The molecule has 0 radical (unpaired) electrons. The number of rotatable bonds is 2. The van der Waals surface area contributed by atoms with Crippen molar-refractivity contribution in [1.82, 2.24) is 5.43 Å². The van der Waals surface area contributed by atoms with Gasteiger partial charge in [-0.25, -0.2) is 10.6 Å². The number of halogens is 1. The lowest BCUT2D eigenvalue weighted by molar-refractivity contribution is -0.131. The second-order valence-corrected chi connectivity index (χ2v) is 1.18. The summed E-state index contributed by atoms with van der Waals surface area (Å²) in [7, 11) is 0. The van der Waals surface area contributed by atoms with Crippen molar-refractivity contribution in [2.75, 3.05) is 0 Å². The smallest absolute Gasteiger partial charge is 0.328 e. The number of carboxylic acids is 1. The summed E-state index contributed by atoms with van der Waals surface area (Å²) in [5.41, 5.74) is 1.73. The monoisotopic (exact) mass is 166 g/mol. The topological polar surface area (TPSA) is 92.4 Å². The highest BCUT2D eigenvalue weighted by atomic mass is 35.5. The van der Waals surface area contributed by atoms with Crippen LogP contribution in [0.25, 0.3) is 0 Å². The summed E-state index contributed by atoms with van der Waals surface area (Å²) < 4.78 is 0. The first-order valence-electron chi connectivity index (χ1n) is 2.08. The molecular weight excluding hydrogens is 160 g/mol. The Bertz CT molecular complexity index is 157. The van der Waals surface area contributed by atoms with Crippen LogP contribution in [0.3, 0.4) is 0 Å². The average molecular weight is 167 g/mol. The molecule has 0 spiro atoms. The van der Waals surface area contributed by atoms with Crippen LogP contribution in [-0.4, -0.2) is 17.0 Å². The molecule has 0 aliphatic heterocycles. The van der Waals surface area contributed by atoms with Crippen molar-refractivity contribution in [2.24, 2.45) is 5.84 Å². The first-order chi connectivity index (χ1) is 4.16. The van der Waals surface area contributed by atoms with Gasteiger partial charge in [0.1, 0.15) is 0 Å². The van der Waals surface area contributed by atoms with E-state index >= 15 is 0 Å². The molecule has 0 saturated heterocycles. The molecule has 0 aliphatic carbocycles. The molecular formula is C4H7ClN2O3. The van der Waals surface area contributed by atoms with Gasteiger partial charge in [0.05, 0.1) is 0 Å². The largest absolute Gasteiger partial charge is 0.478 e. The van der Waals surface area contributed by atoms with Gasteiger partial charge < -0.3 is 5.11 Å². The lowest BCUT2D eigenvalue weighted by atomic mass is 10.5. The van der Waals surface area contributed by atoms with Crippen LogP contribution in [0.2, 0.25) is 0 Å². The Morgan fingerprint density at radius 1 is 1.40 bits per heavy atom. The van der Waals surface area contributed by atoms with Crippen molar-refractivity contribution in [3.8, 4) is 0 Å². The molecule has 0 aliphatic rings. The van der Waals surface area contributed by atoms with Gasteiger partial charge in [-0.3, -0.25) is 10.2 Å². The fourth-order valence-corrected chi connectivity index (χ4v) is 0.195. The Morgan fingerprint density at radius 3 is 2.20 bits per heavy atom. The molecule has 10 heavy (non-hydrogen) atoms. The maximum Gasteiger partial charge on any atom is 0.328 e. The number of amides is 1. The minimum absolute atomic E-state index is 0. The lowest BCUT2D eigenvalue weighted by Crippen LogP contribution is -2.28. The molecule has 0 fully saturated rings. The molecule has 0 unspecified atom stereocenters. The first kappa shape index (κ1) is 11.7. The number of aliphatic carboxylic acids is 1. The predicted octanol–water partition coefficient (Wildman–Crippen LogP) is -0.961. The minimum atomic E-state index is -1.18. The molecule has 0 aromatic rings. The van der Waals surface area contributed by atoms with E-state index in [0.29, 0.717) is 6.08 Å². The number of nitrogens with one attached hydrogen (secondary N) is 1. The van der Waals surface area contributed by atoms with E-state index < -0.39 is 11.9 Å². The van der Waals surface area contributed by atoms with Crippen molar-refractivity contribution in [2.45, 2.75) is 0 Å². The van der Waals surface area contributed by atoms with Gasteiger partial charge in [-0.05, 0) is 0 Å². The van der Waals surface area contributed by atoms with Crippen LogP contribution in [0.1, 0.15) is 0 Å². The van der Waals surface area contributed by atoms with E-state index in [4.69, 9.17) is 5.11 Å². The van der Waals surface area contributed by atoms with Crippen LogP contribution in [0, 0.1) is 0 Å². The van der Waals surface area contributed by atoms with E-state index in [1.54, 1.807) is 5.43 Å². The summed E-state index contributed by atoms with van der Waals surface area (Å²) >= 11 is 0. The molecule has 1 amide bonds. The van der Waals surface area contributed by atoms with E-state index in [9.17, 15) is 9.59 Å². The Hall–Kier alpha value is -1.07. The van der Waals surface area contributed by atoms with Gasteiger partial charge in [-0.1, -0.05) is 0 Å². The number of carbonyl (C=O) groups excluding carboxylic acids is 1. The van der Waals surface area contributed by atoms with Gasteiger partial charge >= 0.3 is 5.97 Å². The maximum absolute atomic E-state index is 10.1. The zero-order valence-electron chi connectivity index (χ0n) is 4.90. The van der Waals surface area contributed by atoms with Crippen LogP contribution < -0.4 is 11.3 Å². The number of hydrazine groups is 1. The Morgan fingerprint density at radius 2 is 1.90 bits per heavy atom. The highest BCUT2D eigenvalue weighted by molar-refractivity contribution is 5.93. The van der Waals surface area contributed by atoms with Crippen molar-refractivity contribution in [3.05, 3.63) is 12.2 Å². The van der Waals surface area contributed by atoms with Gasteiger partial charge in [0, 0.05) is 12.2 Å². The van der Waals surface area contributed by atoms with Gasteiger partial charge in [0.15, 0.2) is 0 Å². The lowest BCUT2D eigenvalue weighted by Gasteiger charge is -1.85. The highest BCUT2D eigenvalue weighted by Crippen LogP contribution is 1.70. The second kappa shape index (κ2) is 6.06. The van der Waals surface area contributed by atoms with E-state index in [0.717, 1.165) is 6.08 Å². The molecule has 0 rings (SSSR count). The summed E-state index contributed by atoms with van der Waals surface area (Å²) in [6.45, 7) is 0.